The van der Waals surface area contributed by atoms with Crippen molar-refractivity contribution in [3.8, 4) is 17.2 Å². The van der Waals surface area contributed by atoms with Crippen molar-refractivity contribution in [2.24, 2.45) is 0 Å². The minimum atomic E-state index is -0.115. The molecule has 0 amide bonds. The van der Waals surface area contributed by atoms with E-state index in [0.29, 0.717) is 12.2 Å². The number of fused-ring (bicyclic) bond motifs is 1. The number of ether oxygens (including phenoxy) is 2. The van der Waals surface area contributed by atoms with Crippen LogP contribution in [-0.4, -0.2) is 11.9 Å². The van der Waals surface area contributed by atoms with Crippen molar-refractivity contribution in [2.45, 2.75) is 6.54 Å². The molecule has 0 fully saturated rings. The van der Waals surface area contributed by atoms with Gasteiger partial charge in [-0.2, -0.15) is 0 Å². The van der Waals surface area contributed by atoms with E-state index in [1.807, 2.05) is 18.2 Å². The number of benzene rings is 2. The molecule has 0 unspecified atom stereocenters. The van der Waals surface area contributed by atoms with E-state index in [2.05, 4.69) is 5.32 Å². The summed E-state index contributed by atoms with van der Waals surface area (Å²) in [6.45, 7) is 0.771. The summed E-state index contributed by atoms with van der Waals surface area (Å²) in [6, 6.07) is 8.94. The van der Waals surface area contributed by atoms with Crippen LogP contribution in [0, 0.1) is 0 Å². The summed E-state index contributed by atoms with van der Waals surface area (Å²) in [5.74, 6) is 1.37. The molecule has 4 nitrogen and oxygen atoms in total. The quantitative estimate of drug-likeness (QED) is 0.840. The van der Waals surface area contributed by atoms with Gasteiger partial charge in [-0.15, -0.1) is 0 Å². The van der Waals surface area contributed by atoms with Crippen molar-refractivity contribution in [1.29, 1.82) is 0 Å². The molecule has 0 spiro atoms. The number of phenols is 1. The van der Waals surface area contributed by atoms with Crippen LogP contribution in [0.4, 0.5) is 5.69 Å². The highest BCUT2D eigenvalue weighted by Crippen LogP contribution is 2.37. The molecule has 0 radical (unpaired) electrons. The molecule has 0 bridgehead atoms. The molecule has 2 N–H and O–H groups in total. The zero-order valence-electron chi connectivity index (χ0n) is 10.3. The molecule has 0 saturated carbocycles. The lowest BCUT2D eigenvalue weighted by atomic mass is 10.2. The molecular formula is C14H11Cl2NO3. The van der Waals surface area contributed by atoms with Gasteiger partial charge in [0.1, 0.15) is 0 Å². The Kier molecular flexibility index (Phi) is 3.51. The van der Waals surface area contributed by atoms with Crippen LogP contribution in [0.1, 0.15) is 5.56 Å². The Morgan fingerprint density at radius 2 is 1.90 bits per heavy atom. The van der Waals surface area contributed by atoms with Crippen molar-refractivity contribution in [2.75, 3.05) is 12.1 Å². The highest BCUT2D eigenvalue weighted by atomic mass is 35.5. The lowest BCUT2D eigenvalue weighted by Gasteiger charge is -2.10. The summed E-state index contributed by atoms with van der Waals surface area (Å²) >= 11 is 11.8. The molecule has 1 heterocycles. The predicted octanol–water partition coefficient (Wildman–Crippen LogP) is 4.04. The summed E-state index contributed by atoms with van der Waals surface area (Å²) in [7, 11) is 0. The van der Waals surface area contributed by atoms with Gasteiger partial charge < -0.3 is 19.9 Å². The van der Waals surface area contributed by atoms with Crippen molar-refractivity contribution >= 4 is 28.9 Å². The molecule has 3 rings (SSSR count). The number of halogens is 2. The van der Waals surface area contributed by atoms with Gasteiger partial charge >= 0.3 is 0 Å². The van der Waals surface area contributed by atoms with E-state index in [4.69, 9.17) is 32.7 Å². The Balaban J connectivity index is 1.79. The van der Waals surface area contributed by atoms with Crippen LogP contribution >= 0.6 is 23.2 Å². The van der Waals surface area contributed by atoms with E-state index >= 15 is 0 Å². The summed E-state index contributed by atoms with van der Waals surface area (Å²) in [5, 5.41) is 13.1. The normalized spacial score (nSPS) is 12.5. The number of nitrogens with one attached hydrogen (secondary N) is 1. The van der Waals surface area contributed by atoms with Crippen LogP contribution < -0.4 is 14.8 Å². The maximum absolute atomic E-state index is 9.51. The molecule has 20 heavy (non-hydrogen) atoms. The fourth-order valence-electron chi connectivity index (χ4n) is 1.99. The summed E-state index contributed by atoms with van der Waals surface area (Å²) in [6.07, 6.45) is 0. The van der Waals surface area contributed by atoms with Crippen LogP contribution in [-0.2, 0) is 6.54 Å². The number of aromatic hydroxyl groups is 1. The fraction of sp³-hybridized carbons (Fsp3) is 0.143. The van der Waals surface area contributed by atoms with Crippen molar-refractivity contribution < 1.29 is 14.6 Å². The first-order chi connectivity index (χ1) is 9.65. The second-order valence-corrected chi connectivity index (χ2v) is 5.11. The molecule has 6 heteroatoms. The first kappa shape index (κ1) is 13.2. The average Bonchev–Trinajstić information content (AvgIpc) is 2.91. The van der Waals surface area contributed by atoms with E-state index < -0.39 is 0 Å². The van der Waals surface area contributed by atoms with Gasteiger partial charge in [-0.25, -0.2) is 0 Å². The van der Waals surface area contributed by atoms with Crippen molar-refractivity contribution in [3.63, 3.8) is 0 Å². The molecular weight excluding hydrogens is 301 g/mol. The minimum Gasteiger partial charge on any atom is -0.505 e. The molecule has 1 aliphatic rings. The van der Waals surface area contributed by atoms with E-state index in [-0.39, 0.29) is 22.6 Å². The van der Waals surface area contributed by atoms with Crippen LogP contribution in [0.5, 0.6) is 17.2 Å². The Hall–Kier alpha value is -1.78. The second kappa shape index (κ2) is 5.31. The molecule has 1 aliphatic heterocycles. The van der Waals surface area contributed by atoms with Crippen LogP contribution in [0.25, 0.3) is 0 Å². The fourth-order valence-corrected chi connectivity index (χ4v) is 2.48. The van der Waals surface area contributed by atoms with Gasteiger partial charge in [0.15, 0.2) is 17.2 Å². The van der Waals surface area contributed by atoms with Crippen molar-refractivity contribution in [3.05, 3.63) is 45.9 Å². The lowest BCUT2D eigenvalue weighted by Crippen LogP contribution is -2.01. The third-order valence-corrected chi connectivity index (χ3v) is 3.55. The van der Waals surface area contributed by atoms with Gasteiger partial charge in [0, 0.05) is 17.8 Å². The molecule has 0 aromatic heterocycles. The molecule has 0 saturated heterocycles. The third kappa shape index (κ3) is 2.44. The Labute approximate surface area is 125 Å². The standard InChI is InChI=1S/C14H11Cl2NO3/c15-10-4-9(5-11(16)13(10)18)17-6-8-2-1-3-12-14(8)20-7-19-12/h1-5,17-18H,6-7H2. The Morgan fingerprint density at radius 3 is 2.65 bits per heavy atom. The zero-order chi connectivity index (χ0) is 14.1. The van der Waals surface area contributed by atoms with Crippen LogP contribution in [0.15, 0.2) is 30.3 Å². The SMILES string of the molecule is Oc1c(Cl)cc(NCc2cccc3c2OCO3)cc1Cl. The molecule has 0 aliphatic carbocycles. The monoisotopic (exact) mass is 311 g/mol. The third-order valence-electron chi connectivity index (χ3n) is 2.98. The predicted molar refractivity (Wildman–Crippen MR) is 78.0 cm³/mol. The van der Waals surface area contributed by atoms with Gasteiger partial charge in [-0.05, 0) is 18.2 Å². The van der Waals surface area contributed by atoms with Crippen molar-refractivity contribution in [1.82, 2.24) is 0 Å². The molecule has 2 aromatic rings. The van der Waals surface area contributed by atoms with Gasteiger partial charge in [-0.3, -0.25) is 0 Å². The number of para-hydroxylation sites is 1. The number of phenolic OH excluding ortho intramolecular Hbond substituents is 1. The smallest absolute Gasteiger partial charge is 0.231 e. The van der Waals surface area contributed by atoms with E-state index in [1.165, 1.54) is 0 Å². The summed E-state index contributed by atoms with van der Waals surface area (Å²) < 4.78 is 10.8. The first-order valence-corrected chi connectivity index (χ1v) is 6.70. The lowest BCUT2D eigenvalue weighted by molar-refractivity contribution is 0.173. The molecule has 0 atom stereocenters. The summed E-state index contributed by atoms with van der Waals surface area (Å²) in [5.41, 5.74) is 1.69. The van der Waals surface area contributed by atoms with Gasteiger partial charge in [0.05, 0.1) is 10.0 Å². The highest BCUT2D eigenvalue weighted by molar-refractivity contribution is 6.37. The molecule has 2 aromatic carbocycles. The van der Waals surface area contributed by atoms with Gasteiger partial charge in [-0.1, -0.05) is 35.3 Å². The maximum Gasteiger partial charge on any atom is 0.231 e. The first-order valence-electron chi connectivity index (χ1n) is 5.94. The van der Waals surface area contributed by atoms with E-state index in [0.717, 1.165) is 17.1 Å². The second-order valence-electron chi connectivity index (χ2n) is 4.29. The number of rotatable bonds is 3. The number of anilines is 1. The Morgan fingerprint density at radius 1 is 1.15 bits per heavy atom. The van der Waals surface area contributed by atoms with Crippen LogP contribution in [0.3, 0.4) is 0 Å². The van der Waals surface area contributed by atoms with Gasteiger partial charge in [0.2, 0.25) is 6.79 Å². The topological polar surface area (TPSA) is 50.7 Å². The van der Waals surface area contributed by atoms with Gasteiger partial charge in [0.25, 0.3) is 0 Å². The van der Waals surface area contributed by atoms with Crippen LogP contribution in [0.2, 0.25) is 10.0 Å². The van der Waals surface area contributed by atoms with E-state index in [9.17, 15) is 5.11 Å². The largest absolute Gasteiger partial charge is 0.505 e. The minimum absolute atomic E-state index is 0.115. The molecule has 104 valence electrons. The maximum atomic E-state index is 9.51. The number of hydrogen-bond acceptors (Lipinski definition) is 4. The van der Waals surface area contributed by atoms with E-state index in [1.54, 1.807) is 12.1 Å². The number of hydrogen-bond donors (Lipinski definition) is 2. The highest BCUT2D eigenvalue weighted by Gasteiger charge is 2.17. The average molecular weight is 312 g/mol. The summed E-state index contributed by atoms with van der Waals surface area (Å²) in [4.78, 5) is 0. The Bertz CT molecular complexity index is 638. The zero-order valence-corrected chi connectivity index (χ0v) is 11.8.